The van der Waals surface area contributed by atoms with E-state index in [2.05, 4.69) is 14.9 Å². The summed E-state index contributed by atoms with van der Waals surface area (Å²) in [4.78, 5) is 10.8. The van der Waals surface area contributed by atoms with Crippen LogP contribution in [0.4, 0.5) is 0 Å². The summed E-state index contributed by atoms with van der Waals surface area (Å²) in [6.45, 7) is 0.0212. The Hall–Kier alpha value is -1.90. The molecule has 0 aliphatic rings. The number of aromatic amines is 1. The molecule has 0 bridgehead atoms. The Bertz CT molecular complexity index is 728. The van der Waals surface area contributed by atoms with Crippen LogP contribution in [0, 0.1) is 0 Å². The molecule has 20 heavy (non-hydrogen) atoms. The van der Waals surface area contributed by atoms with Crippen LogP contribution in [-0.2, 0) is 16.6 Å². The van der Waals surface area contributed by atoms with E-state index in [1.807, 2.05) is 0 Å². The molecule has 1 aromatic carbocycles. The first-order chi connectivity index (χ1) is 9.40. The van der Waals surface area contributed by atoms with Crippen molar-refractivity contribution in [2.45, 2.75) is 11.4 Å². The van der Waals surface area contributed by atoms with Crippen molar-refractivity contribution in [2.24, 2.45) is 0 Å². The molecule has 3 N–H and O–H groups in total. The van der Waals surface area contributed by atoms with Gasteiger partial charge in [0.05, 0.1) is 27.7 Å². The second-order valence-electron chi connectivity index (χ2n) is 3.85. The summed E-state index contributed by atoms with van der Waals surface area (Å²) in [5, 5.41) is 15.2. The number of sulfonamides is 1. The predicted octanol–water partition coefficient (Wildman–Crippen LogP) is 1.24. The number of aromatic nitrogens is 2. The average molecular weight is 316 g/mol. The third kappa shape index (κ3) is 3.16. The SMILES string of the molecule is O=C(O)c1cc(S(=O)(=O)NCc2ccn[nH]2)ccc1Cl. The van der Waals surface area contributed by atoms with E-state index in [1.165, 1.54) is 18.3 Å². The van der Waals surface area contributed by atoms with E-state index in [4.69, 9.17) is 16.7 Å². The van der Waals surface area contributed by atoms with Gasteiger partial charge in [0.1, 0.15) is 0 Å². The van der Waals surface area contributed by atoms with Crippen LogP contribution in [0.2, 0.25) is 5.02 Å². The third-order valence-electron chi connectivity index (χ3n) is 2.49. The lowest BCUT2D eigenvalue weighted by Gasteiger charge is -2.07. The molecule has 0 saturated heterocycles. The molecular formula is C11H10ClN3O4S. The zero-order valence-corrected chi connectivity index (χ0v) is 11.6. The Morgan fingerprint density at radius 2 is 2.15 bits per heavy atom. The number of benzene rings is 1. The monoisotopic (exact) mass is 315 g/mol. The van der Waals surface area contributed by atoms with Gasteiger partial charge in [-0.05, 0) is 24.3 Å². The molecule has 7 nitrogen and oxygen atoms in total. The number of H-pyrrole nitrogens is 1. The van der Waals surface area contributed by atoms with Crippen LogP contribution in [0.15, 0.2) is 35.4 Å². The predicted molar refractivity (Wildman–Crippen MR) is 71.0 cm³/mol. The van der Waals surface area contributed by atoms with Crippen molar-refractivity contribution in [1.82, 2.24) is 14.9 Å². The van der Waals surface area contributed by atoms with Gasteiger partial charge in [0.25, 0.3) is 0 Å². The van der Waals surface area contributed by atoms with Gasteiger partial charge in [0, 0.05) is 6.20 Å². The number of aromatic carboxylic acids is 1. The van der Waals surface area contributed by atoms with E-state index in [0.717, 1.165) is 6.07 Å². The molecular weight excluding hydrogens is 306 g/mol. The van der Waals surface area contributed by atoms with Crippen LogP contribution >= 0.6 is 11.6 Å². The molecule has 106 valence electrons. The maximum Gasteiger partial charge on any atom is 0.337 e. The molecule has 0 amide bonds. The number of hydrogen-bond donors (Lipinski definition) is 3. The zero-order valence-electron chi connectivity index (χ0n) is 10.00. The van der Waals surface area contributed by atoms with Gasteiger partial charge >= 0.3 is 5.97 Å². The highest BCUT2D eigenvalue weighted by Gasteiger charge is 2.18. The Morgan fingerprint density at radius 3 is 2.75 bits per heavy atom. The molecule has 0 aliphatic heterocycles. The largest absolute Gasteiger partial charge is 0.478 e. The second-order valence-corrected chi connectivity index (χ2v) is 6.03. The Labute approximate surface area is 119 Å². The molecule has 0 radical (unpaired) electrons. The van der Waals surface area contributed by atoms with Crippen LogP contribution in [0.5, 0.6) is 0 Å². The van der Waals surface area contributed by atoms with Crippen molar-refractivity contribution >= 4 is 27.6 Å². The molecule has 2 rings (SSSR count). The third-order valence-corrected chi connectivity index (χ3v) is 4.22. The van der Waals surface area contributed by atoms with Crippen molar-refractivity contribution in [3.8, 4) is 0 Å². The summed E-state index contributed by atoms with van der Waals surface area (Å²) < 4.78 is 26.4. The highest BCUT2D eigenvalue weighted by atomic mass is 35.5. The van der Waals surface area contributed by atoms with E-state index >= 15 is 0 Å². The van der Waals surface area contributed by atoms with E-state index < -0.39 is 16.0 Å². The van der Waals surface area contributed by atoms with E-state index in [1.54, 1.807) is 6.07 Å². The number of halogens is 1. The van der Waals surface area contributed by atoms with Crippen LogP contribution < -0.4 is 4.72 Å². The van der Waals surface area contributed by atoms with Crippen LogP contribution in [0.25, 0.3) is 0 Å². The highest BCUT2D eigenvalue weighted by molar-refractivity contribution is 7.89. The van der Waals surface area contributed by atoms with Gasteiger partial charge in [0.2, 0.25) is 10.0 Å². The first-order valence-corrected chi connectivity index (χ1v) is 7.27. The van der Waals surface area contributed by atoms with Crippen molar-refractivity contribution in [3.63, 3.8) is 0 Å². The maximum absolute atomic E-state index is 12.0. The molecule has 0 aliphatic carbocycles. The van der Waals surface area contributed by atoms with E-state index in [0.29, 0.717) is 5.69 Å². The number of rotatable bonds is 5. The number of nitrogens with one attached hydrogen (secondary N) is 2. The molecule has 0 fully saturated rings. The first kappa shape index (κ1) is 14.5. The lowest BCUT2D eigenvalue weighted by Crippen LogP contribution is -2.23. The quantitative estimate of drug-likeness (QED) is 0.768. The fourth-order valence-corrected chi connectivity index (χ4v) is 2.71. The van der Waals surface area contributed by atoms with Gasteiger partial charge in [-0.2, -0.15) is 5.10 Å². The molecule has 1 heterocycles. The van der Waals surface area contributed by atoms with E-state index in [-0.39, 0.29) is 22.0 Å². The first-order valence-electron chi connectivity index (χ1n) is 5.41. The van der Waals surface area contributed by atoms with Gasteiger partial charge in [-0.3, -0.25) is 5.10 Å². The normalized spacial score (nSPS) is 11.4. The Morgan fingerprint density at radius 1 is 1.40 bits per heavy atom. The zero-order chi connectivity index (χ0) is 14.8. The summed E-state index contributed by atoms with van der Waals surface area (Å²) in [7, 11) is -3.83. The molecule has 0 spiro atoms. The number of carboxylic acids is 1. The Kier molecular flexibility index (Phi) is 4.07. The smallest absolute Gasteiger partial charge is 0.337 e. The number of carbonyl (C=O) groups is 1. The average Bonchev–Trinajstić information content (AvgIpc) is 2.89. The van der Waals surface area contributed by atoms with Crippen molar-refractivity contribution < 1.29 is 18.3 Å². The number of nitrogens with zero attached hydrogens (tertiary/aromatic N) is 1. The van der Waals surface area contributed by atoms with Crippen LogP contribution in [-0.4, -0.2) is 29.7 Å². The minimum atomic E-state index is -3.83. The van der Waals surface area contributed by atoms with Gasteiger partial charge in [-0.25, -0.2) is 17.9 Å². The van der Waals surface area contributed by atoms with Crippen LogP contribution in [0.3, 0.4) is 0 Å². The summed E-state index contributed by atoms with van der Waals surface area (Å²) in [5.74, 6) is -1.29. The van der Waals surface area contributed by atoms with Crippen molar-refractivity contribution in [2.75, 3.05) is 0 Å². The molecule has 0 saturated carbocycles. The van der Waals surface area contributed by atoms with Crippen molar-refractivity contribution in [1.29, 1.82) is 0 Å². The number of carboxylic acid groups (broad SMARTS) is 1. The van der Waals surface area contributed by atoms with Gasteiger partial charge < -0.3 is 5.11 Å². The number of hydrogen-bond acceptors (Lipinski definition) is 4. The topological polar surface area (TPSA) is 112 Å². The fourth-order valence-electron chi connectivity index (χ4n) is 1.47. The minimum Gasteiger partial charge on any atom is -0.478 e. The lowest BCUT2D eigenvalue weighted by molar-refractivity contribution is 0.0697. The fraction of sp³-hybridized carbons (Fsp3) is 0.0909. The van der Waals surface area contributed by atoms with Gasteiger partial charge in [-0.1, -0.05) is 11.6 Å². The van der Waals surface area contributed by atoms with Crippen LogP contribution in [0.1, 0.15) is 16.1 Å². The van der Waals surface area contributed by atoms with E-state index in [9.17, 15) is 13.2 Å². The van der Waals surface area contributed by atoms with Gasteiger partial charge in [0.15, 0.2) is 0 Å². The highest BCUT2D eigenvalue weighted by Crippen LogP contribution is 2.20. The molecule has 0 atom stereocenters. The maximum atomic E-state index is 12.0. The van der Waals surface area contributed by atoms with Gasteiger partial charge in [-0.15, -0.1) is 0 Å². The summed E-state index contributed by atoms with van der Waals surface area (Å²) >= 11 is 5.69. The molecule has 2 aromatic rings. The molecule has 9 heteroatoms. The molecule has 1 aromatic heterocycles. The standard InChI is InChI=1S/C11H10ClN3O4S/c12-10-2-1-8(5-9(10)11(16)17)20(18,19)14-6-7-3-4-13-15-7/h1-5,14H,6H2,(H,13,15)(H,16,17). The Balaban J connectivity index is 2.25. The minimum absolute atomic E-state index is 0.0212. The summed E-state index contributed by atoms with van der Waals surface area (Å²) in [5.41, 5.74) is 0.317. The second kappa shape index (κ2) is 5.61. The summed E-state index contributed by atoms with van der Waals surface area (Å²) in [6, 6.07) is 5.10. The summed E-state index contributed by atoms with van der Waals surface area (Å²) in [6.07, 6.45) is 1.49. The lowest BCUT2D eigenvalue weighted by atomic mass is 10.2. The molecule has 0 unspecified atom stereocenters. The van der Waals surface area contributed by atoms with Crippen molar-refractivity contribution in [3.05, 3.63) is 46.7 Å².